The molecule has 1 aromatic rings. The van der Waals surface area contributed by atoms with Gasteiger partial charge in [0.25, 0.3) is 5.91 Å². The largest absolute Gasteiger partial charge is 0.483 e. The van der Waals surface area contributed by atoms with Crippen molar-refractivity contribution in [2.24, 2.45) is 0 Å². The van der Waals surface area contributed by atoms with E-state index in [1.165, 1.54) is 0 Å². The minimum absolute atomic E-state index is 0.0255. The first-order valence-electron chi connectivity index (χ1n) is 6.05. The van der Waals surface area contributed by atoms with Crippen molar-refractivity contribution in [2.45, 2.75) is 19.4 Å². The Bertz CT molecular complexity index is 431. The number of carbonyl (C=O) groups excluding carboxylic acids is 1. The Morgan fingerprint density at radius 1 is 1.61 bits per heavy atom. The van der Waals surface area contributed by atoms with Gasteiger partial charge in [-0.3, -0.25) is 4.79 Å². The SMILES string of the molecule is Cc1c(Cl)cccc1OCC(=O)NC1CCNC1. The zero-order chi connectivity index (χ0) is 13.0. The summed E-state index contributed by atoms with van der Waals surface area (Å²) in [4.78, 5) is 11.7. The van der Waals surface area contributed by atoms with Crippen LogP contribution in [-0.4, -0.2) is 31.6 Å². The summed E-state index contributed by atoms with van der Waals surface area (Å²) in [7, 11) is 0. The number of nitrogens with one attached hydrogen (secondary N) is 2. The number of hydrogen-bond donors (Lipinski definition) is 2. The van der Waals surface area contributed by atoms with E-state index in [9.17, 15) is 4.79 Å². The molecule has 1 saturated heterocycles. The predicted molar refractivity (Wildman–Crippen MR) is 71.1 cm³/mol. The van der Waals surface area contributed by atoms with Gasteiger partial charge in [0.15, 0.2) is 6.61 Å². The molecular formula is C13H17ClN2O2. The van der Waals surface area contributed by atoms with Crippen LogP contribution in [0.15, 0.2) is 18.2 Å². The van der Waals surface area contributed by atoms with Gasteiger partial charge in [0.2, 0.25) is 0 Å². The van der Waals surface area contributed by atoms with E-state index in [2.05, 4.69) is 10.6 Å². The third kappa shape index (κ3) is 3.37. The first-order valence-corrected chi connectivity index (χ1v) is 6.42. The molecule has 1 unspecified atom stereocenters. The molecule has 18 heavy (non-hydrogen) atoms. The van der Waals surface area contributed by atoms with Gasteiger partial charge >= 0.3 is 0 Å². The highest BCUT2D eigenvalue weighted by Gasteiger charge is 2.16. The minimum Gasteiger partial charge on any atom is -0.483 e. The molecule has 1 aliphatic heterocycles. The summed E-state index contributed by atoms with van der Waals surface area (Å²) in [5.41, 5.74) is 0.856. The lowest BCUT2D eigenvalue weighted by Crippen LogP contribution is -2.39. The summed E-state index contributed by atoms with van der Waals surface area (Å²) < 4.78 is 5.47. The maximum Gasteiger partial charge on any atom is 0.258 e. The van der Waals surface area contributed by atoms with E-state index >= 15 is 0 Å². The topological polar surface area (TPSA) is 50.4 Å². The maximum absolute atomic E-state index is 11.7. The number of ether oxygens (including phenoxy) is 1. The second-order valence-corrected chi connectivity index (χ2v) is 4.82. The van der Waals surface area contributed by atoms with Gasteiger partial charge in [-0.1, -0.05) is 17.7 Å². The molecule has 1 heterocycles. The van der Waals surface area contributed by atoms with Gasteiger partial charge in [-0.2, -0.15) is 0 Å². The third-order valence-electron chi connectivity index (χ3n) is 3.00. The van der Waals surface area contributed by atoms with Crippen molar-refractivity contribution >= 4 is 17.5 Å². The van der Waals surface area contributed by atoms with Crippen LogP contribution < -0.4 is 15.4 Å². The smallest absolute Gasteiger partial charge is 0.258 e. The minimum atomic E-state index is -0.0944. The fourth-order valence-electron chi connectivity index (χ4n) is 1.93. The number of benzene rings is 1. The summed E-state index contributed by atoms with van der Waals surface area (Å²) >= 11 is 5.98. The van der Waals surface area contributed by atoms with Crippen molar-refractivity contribution in [3.8, 4) is 5.75 Å². The summed E-state index contributed by atoms with van der Waals surface area (Å²) in [5.74, 6) is 0.560. The summed E-state index contributed by atoms with van der Waals surface area (Å²) in [6.07, 6.45) is 0.974. The lowest BCUT2D eigenvalue weighted by Gasteiger charge is -2.13. The Morgan fingerprint density at radius 2 is 2.44 bits per heavy atom. The van der Waals surface area contributed by atoms with Crippen molar-refractivity contribution < 1.29 is 9.53 Å². The van der Waals surface area contributed by atoms with Crippen LogP contribution in [0.1, 0.15) is 12.0 Å². The zero-order valence-corrected chi connectivity index (χ0v) is 11.1. The molecular weight excluding hydrogens is 252 g/mol. The number of amides is 1. The number of rotatable bonds is 4. The van der Waals surface area contributed by atoms with Gasteiger partial charge in [0.05, 0.1) is 0 Å². The van der Waals surface area contributed by atoms with Crippen molar-refractivity contribution in [1.82, 2.24) is 10.6 Å². The molecule has 1 fully saturated rings. The fourth-order valence-corrected chi connectivity index (χ4v) is 2.10. The summed E-state index contributed by atoms with van der Waals surface area (Å²) in [5, 5.41) is 6.77. The number of hydrogen-bond acceptors (Lipinski definition) is 3. The molecule has 1 amide bonds. The summed E-state index contributed by atoms with van der Waals surface area (Å²) in [6.45, 7) is 3.69. The van der Waals surface area contributed by atoms with E-state index in [1.807, 2.05) is 19.1 Å². The third-order valence-corrected chi connectivity index (χ3v) is 3.41. The highest BCUT2D eigenvalue weighted by Crippen LogP contribution is 2.24. The second-order valence-electron chi connectivity index (χ2n) is 4.41. The molecule has 0 saturated carbocycles. The highest BCUT2D eigenvalue weighted by molar-refractivity contribution is 6.31. The lowest BCUT2D eigenvalue weighted by molar-refractivity contribution is -0.123. The Morgan fingerprint density at radius 3 is 3.17 bits per heavy atom. The Balaban J connectivity index is 1.83. The molecule has 0 aromatic heterocycles. The van der Waals surface area contributed by atoms with Gasteiger partial charge in [0, 0.05) is 23.2 Å². The molecule has 0 spiro atoms. The van der Waals surface area contributed by atoms with Crippen LogP contribution in [-0.2, 0) is 4.79 Å². The highest BCUT2D eigenvalue weighted by atomic mass is 35.5. The standard InChI is InChI=1S/C13H17ClN2O2/c1-9-11(14)3-2-4-12(9)18-8-13(17)16-10-5-6-15-7-10/h2-4,10,15H,5-8H2,1H3,(H,16,17). The van der Waals surface area contributed by atoms with Crippen LogP contribution >= 0.6 is 11.6 Å². The number of halogens is 1. The lowest BCUT2D eigenvalue weighted by atomic mass is 10.2. The zero-order valence-electron chi connectivity index (χ0n) is 10.3. The van der Waals surface area contributed by atoms with Crippen LogP contribution in [0.4, 0.5) is 0 Å². The molecule has 4 nitrogen and oxygen atoms in total. The van der Waals surface area contributed by atoms with Crippen molar-refractivity contribution in [3.05, 3.63) is 28.8 Å². The average molecular weight is 269 g/mol. The molecule has 5 heteroatoms. The van der Waals surface area contributed by atoms with Gasteiger partial charge in [-0.25, -0.2) is 0 Å². The van der Waals surface area contributed by atoms with Crippen LogP contribution in [0.2, 0.25) is 5.02 Å². The van der Waals surface area contributed by atoms with Crippen LogP contribution in [0.25, 0.3) is 0 Å². The summed E-state index contributed by atoms with van der Waals surface area (Å²) in [6, 6.07) is 5.64. The van der Waals surface area contributed by atoms with Crippen LogP contribution in [0.5, 0.6) is 5.75 Å². The van der Waals surface area contributed by atoms with Crippen molar-refractivity contribution in [1.29, 1.82) is 0 Å². The van der Waals surface area contributed by atoms with Crippen molar-refractivity contribution in [3.63, 3.8) is 0 Å². The van der Waals surface area contributed by atoms with Gasteiger partial charge in [0.1, 0.15) is 5.75 Å². The molecule has 1 aromatic carbocycles. The van der Waals surface area contributed by atoms with E-state index < -0.39 is 0 Å². The molecule has 98 valence electrons. The van der Waals surface area contributed by atoms with Gasteiger partial charge in [-0.05, 0) is 32.0 Å². The predicted octanol–water partition coefficient (Wildman–Crippen LogP) is 1.51. The quantitative estimate of drug-likeness (QED) is 0.870. The van der Waals surface area contributed by atoms with Gasteiger partial charge in [-0.15, -0.1) is 0 Å². The van der Waals surface area contributed by atoms with Crippen molar-refractivity contribution in [2.75, 3.05) is 19.7 Å². The van der Waals surface area contributed by atoms with Crippen LogP contribution in [0.3, 0.4) is 0 Å². The van der Waals surface area contributed by atoms with E-state index in [-0.39, 0.29) is 18.6 Å². The molecule has 0 radical (unpaired) electrons. The Kier molecular flexibility index (Phi) is 4.44. The number of carbonyl (C=O) groups is 1. The molecule has 1 aliphatic rings. The van der Waals surface area contributed by atoms with E-state index in [1.54, 1.807) is 6.07 Å². The maximum atomic E-state index is 11.7. The first-order chi connectivity index (χ1) is 8.66. The van der Waals surface area contributed by atoms with Gasteiger partial charge < -0.3 is 15.4 Å². The normalized spacial score (nSPS) is 18.7. The van der Waals surface area contributed by atoms with E-state index in [0.29, 0.717) is 10.8 Å². The molecule has 0 bridgehead atoms. The van der Waals surface area contributed by atoms with Crippen LogP contribution in [0, 0.1) is 6.92 Å². The molecule has 2 rings (SSSR count). The molecule has 2 N–H and O–H groups in total. The Hall–Kier alpha value is -1.26. The monoisotopic (exact) mass is 268 g/mol. The Labute approximate surface area is 112 Å². The fraction of sp³-hybridized carbons (Fsp3) is 0.462. The average Bonchev–Trinajstić information content (AvgIpc) is 2.84. The first kappa shape index (κ1) is 13.2. The molecule has 0 aliphatic carbocycles. The second kappa shape index (κ2) is 6.07. The van der Waals surface area contributed by atoms with E-state index in [0.717, 1.165) is 25.1 Å². The molecule has 1 atom stereocenters. The van der Waals surface area contributed by atoms with E-state index in [4.69, 9.17) is 16.3 Å².